The zero-order valence-electron chi connectivity index (χ0n) is 14.0. The Hall–Kier alpha value is -2.29. The summed E-state index contributed by atoms with van der Waals surface area (Å²) in [5, 5.41) is 0. The molecule has 3 rings (SSSR count). The molecule has 0 N–H and O–H groups in total. The Balaban J connectivity index is 1.70. The molecule has 1 fully saturated rings. The first kappa shape index (κ1) is 15.6. The summed E-state index contributed by atoms with van der Waals surface area (Å²) in [7, 11) is 0. The average Bonchev–Trinajstić information content (AvgIpc) is 2.90. The first-order valence-corrected chi connectivity index (χ1v) is 7.87. The van der Waals surface area contributed by atoms with Crippen LogP contribution >= 0.6 is 0 Å². The van der Waals surface area contributed by atoms with Crippen molar-refractivity contribution < 1.29 is 14.3 Å². The number of esters is 1. The van der Waals surface area contributed by atoms with Gasteiger partial charge in [0.25, 0.3) is 0 Å². The van der Waals surface area contributed by atoms with Crippen molar-refractivity contribution in [3.8, 4) is 17.2 Å². The molecule has 0 aliphatic heterocycles. The van der Waals surface area contributed by atoms with Gasteiger partial charge in [-0.1, -0.05) is 52.0 Å². The van der Waals surface area contributed by atoms with Gasteiger partial charge in [-0.2, -0.15) is 0 Å². The van der Waals surface area contributed by atoms with E-state index >= 15 is 0 Å². The zero-order chi connectivity index (χ0) is 16.7. The van der Waals surface area contributed by atoms with Crippen LogP contribution in [-0.2, 0) is 4.79 Å². The topological polar surface area (TPSA) is 35.5 Å². The third kappa shape index (κ3) is 2.83. The molecule has 1 aliphatic carbocycles. The highest BCUT2D eigenvalue weighted by molar-refractivity contribution is 5.81. The zero-order valence-corrected chi connectivity index (χ0v) is 14.0. The third-order valence-corrected chi connectivity index (χ3v) is 5.26. The lowest BCUT2D eigenvalue weighted by molar-refractivity contribution is -0.137. The Bertz CT molecular complexity index is 703. The van der Waals surface area contributed by atoms with Gasteiger partial charge in [0.2, 0.25) is 0 Å². The molecule has 2 aromatic rings. The van der Waals surface area contributed by atoms with Crippen molar-refractivity contribution in [2.24, 2.45) is 16.7 Å². The van der Waals surface area contributed by atoms with Crippen molar-refractivity contribution in [2.45, 2.75) is 27.7 Å². The van der Waals surface area contributed by atoms with E-state index in [1.807, 2.05) is 42.5 Å². The SMILES string of the molecule is CC1(C)C(C(=O)Oc2cccc(Oc3ccccc3)c2)C1(C)C. The molecule has 0 spiro atoms. The summed E-state index contributed by atoms with van der Waals surface area (Å²) >= 11 is 0. The first-order chi connectivity index (χ1) is 10.8. The fraction of sp³-hybridized carbons (Fsp3) is 0.350. The van der Waals surface area contributed by atoms with Gasteiger partial charge in [0, 0.05) is 6.07 Å². The summed E-state index contributed by atoms with van der Waals surface area (Å²) in [5.74, 6) is 1.67. The highest BCUT2D eigenvalue weighted by Gasteiger charge is 2.69. The average molecular weight is 310 g/mol. The highest BCUT2D eigenvalue weighted by atomic mass is 16.5. The Kier molecular flexibility index (Phi) is 3.67. The second-order valence-electron chi connectivity index (χ2n) is 7.19. The lowest BCUT2D eigenvalue weighted by Gasteiger charge is -2.09. The number of benzene rings is 2. The quantitative estimate of drug-likeness (QED) is 0.584. The molecule has 1 aliphatic rings. The molecule has 0 heterocycles. The van der Waals surface area contributed by atoms with Gasteiger partial charge in [-0.15, -0.1) is 0 Å². The van der Waals surface area contributed by atoms with E-state index in [1.54, 1.807) is 12.1 Å². The number of carbonyl (C=O) groups is 1. The van der Waals surface area contributed by atoms with Crippen molar-refractivity contribution in [3.63, 3.8) is 0 Å². The summed E-state index contributed by atoms with van der Waals surface area (Å²) in [5.41, 5.74) is -0.0511. The fourth-order valence-electron chi connectivity index (χ4n) is 3.19. The van der Waals surface area contributed by atoms with Gasteiger partial charge in [-0.25, -0.2) is 0 Å². The fourth-order valence-corrected chi connectivity index (χ4v) is 3.19. The Morgan fingerprint density at radius 2 is 1.39 bits per heavy atom. The third-order valence-electron chi connectivity index (χ3n) is 5.26. The molecule has 0 radical (unpaired) electrons. The summed E-state index contributed by atoms with van der Waals surface area (Å²) in [4.78, 5) is 12.4. The lowest BCUT2D eigenvalue weighted by Crippen LogP contribution is -2.14. The second kappa shape index (κ2) is 5.41. The van der Waals surface area contributed by atoms with Crippen LogP contribution in [0.4, 0.5) is 0 Å². The standard InChI is InChI=1S/C20H22O3/c1-19(2)17(20(19,3)4)18(21)23-16-12-8-11-15(13-16)22-14-9-6-5-7-10-14/h5-13,17H,1-4H3. The molecule has 0 aromatic heterocycles. The van der Waals surface area contributed by atoms with E-state index in [9.17, 15) is 4.79 Å². The Labute approximate surface area is 137 Å². The monoisotopic (exact) mass is 310 g/mol. The van der Waals surface area contributed by atoms with E-state index in [2.05, 4.69) is 27.7 Å². The van der Waals surface area contributed by atoms with Crippen molar-refractivity contribution in [1.29, 1.82) is 0 Å². The molecule has 1 saturated carbocycles. The van der Waals surface area contributed by atoms with E-state index in [0.717, 1.165) is 5.75 Å². The number of hydrogen-bond donors (Lipinski definition) is 0. The minimum Gasteiger partial charge on any atom is -0.457 e. The molecule has 120 valence electrons. The summed E-state index contributed by atoms with van der Waals surface area (Å²) < 4.78 is 11.3. The molecule has 0 atom stereocenters. The van der Waals surface area contributed by atoms with Crippen molar-refractivity contribution in [2.75, 3.05) is 0 Å². The van der Waals surface area contributed by atoms with Crippen LogP contribution in [0, 0.1) is 16.7 Å². The van der Waals surface area contributed by atoms with Crippen molar-refractivity contribution in [3.05, 3.63) is 54.6 Å². The maximum atomic E-state index is 12.4. The smallest absolute Gasteiger partial charge is 0.315 e. The number of ether oxygens (including phenoxy) is 2. The largest absolute Gasteiger partial charge is 0.457 e. The maximum Gasteiger partial charge on any atom is 0.315 e. The van der Waals surface area contributed by atoms with E-state index in [-0.39, 0.29) is 22.7 Å². The molecule has 3 nitrogen and oxygen atoms in total. The normalized spacial score (nSPS) is 18.3. The van der Waals surface area contributed by atoms with E-state index in [4.69, 9.17) is 9.47 Å². The van der Waals surface area contributed by atoms with Gasteiger partial charge in [0.1, 0.15) is 17.2 Å². The van der Waals surface area contributed by atoms with E-state index < -0.39 is 0 Å². The van der Waals surface area contributed by atoms with Gasteiger partial charge < -0.3 is 9.47 Å². The van der Waals surface area contributed by atoms with Crippen LogP contribution in [0.1, 0.15) is 27.7 Å². The lowest BCUT2D eigenvalue weighted by atomic mass is 10.0. The minimum absolute atomic E-state index is 0.0256. The number of para-hydroxylation sites is 1. The van der Waals surface area contributed by atoms with Crippen LogP contribution in [0.2, 0.25) is 0 Å². The van der Waals surface area contributed by atoms with Gasteiger partial charge in [-0.3, -0.25) is 4.79 Å². The number of carbonyl (C=O) groups excluding carboxylic acids is 1. The predicted molar refractivity (Wildman–Crippen MR) is 89.6 cm³/mol. The summed E-state index contributed by atoms with van der Waals surface area (Å²) in [6.07, 6.45) is 0. The molecular weight excluding hydrogens is 288 g/mol. The molecular formula is C20H22O3. The number of hydrogen-bond acceptors (Lipinski definition) is 3. The van der Waals surface area contributed by atoms with E-state index in [0.29, 0.717) is 11.5 Å². The van der Waals surface area contributed by atoms with Crippen LogP contribution in [0.3, 0.4) is 0 Å². The molecule has 3 heteroatoms. The van der Waals surface area contributed by atoms with Crippen LogP contribution in [0.5, 0.6) is 17.2 Å². The molecule has 23 heavy (non-hydrogen) atoms. The molecule has 0 bridgehead atoms. The van der Waals surface area contributed by atoms with Crippen LogP contribution < -0.4 is 9.47 Å². The minimum atomic E-state index is -0.170. The predicted octanol–water partition coefficient (Wildman–Crippen LogP) is 5.07. The van der Waals surface area contributed by atoms with Gasteiger partial charge in [0.15, 0.2) is 0 Å². The highest BCUT2D eigenvalue weighted by Crippen LogP contribution is 2.68. The molecule has 0 unspecified atom stereocenters. The molecule has 0 saturated heterocycles. The van der Waals surface area contributed by atoms with Gasteiger partial charge in [0.05, 0.1) is 5.92 Å². The number of rotatable bonds is 4. The van der Waals surface area contributed by atoms with Crippen LogP contribution in [0.15, 0.2) is 54.6 Å². The second-order valence-corrected chi connectivity index (χ2v) is 7.19. The first-order valence-electron chi connectivity index (χ1n) is 7.87. The van der Waals surface area contributed by atoms with Crippen LogP contribution in [-0.4, -0.2) is 5.97 Å². The Morgan fingerprint density at radius 1 is 0.826 bits per heavy atom. The van der Waals surface area contributed by atoms with E-state index in [1.165, 1.54) is 0 Å². The summed E-state index contributed by atoms with van der Waals surface area (Å²) in [6, 6.07) is 16.7. The van der Waals surface area contributed by atoms with Crippen molar-refractivity contribution >= 4 is 5.97 Å². The van der Waals surface area contributed by atoms with Gasteiger partial charge in [-0.05, 0) is 35.1 Å². The van der Waals surface area contributed by atoms with Gasteiger partial charge >= 0.3 is 5.97 Å². The van der Waals surface area contributed by atoms with Crippen molar-refractivity contribution in [1.82, 2.24) is 0 Å². The summed E-state index contributed by atoms with van der Waals surface area (Å²) in [6.45, 7) is 8.42. The molecule has 0 amide bonds. The maximum absolute atomic E-state index is 12.4. The molecule has 2 aromatic carbocycles. The Morgan fingerprint density at radius 3 is 2.00 bits per heavy atom. The van der Waals surface area contributed by atoms with Crippen LogP contribution in [0.25, 0.3) is 0 Å².